The van der Waals surface area contributed by atoms with Gasteiger partial charge in [0.1, 0.15) is 5.75 Å². The predicted octanol–water partition coefficient (Wildman–Crippen LogP) is 9.87. The molecule has 3 aromatic rings. The van der Waals surface area contributed by atoms with Crippen molar-refractivity contribution in [3.63, 3.8) is 0 Å². The summed E-state index contributed by atoms with van der Waals surface area (Å²) in [6, 6.07) is 20.1. The van der Waals surface area contributed by atoms with E-state index in [2.05, 4.69) is 0 Å². The molecule has 11 heteroatoms. The smallest absolute Gasteiger partial charge is 0.416 e. The number of aliphatic hydroxyl groups excluding tert-OH is 1. The van der Waals surface area contributed by atoms with E-state index in [0.717, 1.165) is 113 Å². The number of likely N-dealkylation sites (tertiary alicyclic amines) is 2. The van der Waals surface area contributed by atoms with Gasteiger partial charge in [-0.2, -0.15) is 13.2 Å². The first-order valence-electron chi connectivity index (χ1n) is 19.5. The molecule has 0 spiro atoms. The van der Waals surface area contributed by atoms with E-state index in [-0.39, 0.29) is 35.7 Å². The quantitative estimate of drug-likeness (QED) is 0.247. The maximum absolute atomic E-state index is 13.6. The number of aliphatic hydroxyl groups is 1. The van der Waals surface area contributed by atoms with Crippen LogP contribution >= 0.6 is 23.2 Å². The molecule has 2 heterocycles. The zero-order chi connectivity index (χ0) is 38.3. The fourth-order valence-corrected chi connectivity index (χ4v) is 8.78. The van der Waals surface area contributed by atoms with E-state index in [9.17, 15) is 27.9 Å². The fraction of sp³-hybridized carbons (Fsp3) is 0.535. The van der Waals surface area contributed by atoms with Crippen molar-refractivity contribution in [3.8, 4) is 5.75 Å². The highest BCUT2D eigenvalue weighted by Gasteiger charge is 2.49. The van der Waals surface area contributed by atoms with E-state index >= 15 is 0 Å². The van der Waals surface area contributed by atoms with Gasteiger partial charge in [-0.15, -0.1) is 0 Å². The van der Waals surface area contributed by atoms with Crippen LogP contribution in [0.3, 0.4) is 0 Å². The van der Waals surface area contributed by atoms with Crippen molar-refractivity contribution in [1.29, 1.82) is 0 Å². The molecule has 292 valence electrons. The number of halogens is 5. The van der Waals surface area contributed by atoms with Crippen molar-refractivity contribution in [2.24, 2.45) is 11.8 Å². The minimum Gasteiger partial charge on any atom is -0.493 e. The third-order valence-corrected chi connectivity index (χ3v) is 12.6. The number of amides is 2. The zero-order valence-electron chi connectivity index (χ0n) is 30.8. The van der Waals surface area contributed by atoms with Gasteiger partial charge < -0.3 is 19.6 Å². The molecule has 0 aromatic heterocycles. The molecule has 2 aliphatic heterocycles. The number of ether oxygens (including phenoxy) is 1. The summed E-state index contributed by atoms with van der Waals surface area (Å²) in [5, 5.41) is 10.9. The van der Waals surface area contributed by atoms with Crippen molar-refractivity contribution in [2.45, 2.75) is 94.1 Å². The minimum atomic E-state index is -4.36. The summed E-state index contributed by atoms with van der Waals surface area (Å²) in [5.74, 6) is 1.21. The highest BCUT2D eigenvalue weighted by molar-refractivity contribution is 6.30. The molecule has 2 saturated heterocycles. The van der Waals surface area contributed by atoms with Crippen LogP contribution in [0.1, 0.15) is 93.7 Å². The summed E-state index contributed by atoms with van der Waals surface area (Å²) in [5.41, 5.74) is 0.616. The van der Waals surface area contributed by atoms with Gasteiger partial charge >= 0.3 is 6.18 Å². The summed E-state index contributed by atoms with van der Waals surface area (Å²) in [7, 11) is 0. The van der Waals surface area contributed by atoms with Crippen LogP contribution in [0.25, 0.3) is 0 Å². The van der Waals surface area contributed by atoms with Gasteiger partial charge in [0.2, 0.25) is 11.8 Å². The Balaban J connectivity index is 0.000000197. The lowest BCUT2D eigenvalue weighted by Gasteiger charge is -2.44. The topological polar surface area (TPSA) is 70.1 Å². The summed E-state index contributed by atoms with van der Waals surface area (Å²) < 4.78 is 44.0. The van der Waals surface area contributed by atoms with Gasteiger partial charge in [-0.05, 0) is 117 Å². The Morgan fingerprint density at radius 2 is 1.11 bits per heavy atom. The highest BCUT2D eigenvalue weighted by atomic mass is 35.5. The molecule has 2 unspecified atom stereocenters. The Bertz CT molecular complexity index is 1690. The molecule has 0 radical (unpaired) electrons. The number of rotatable bonds is 8. The van der Waals surface area contributed by atoms with Crippen molar-refractivity contribution < 1.29 is 32.6 Å². The molecular weight excluding hydrogens is 736 g/mol. The number of carbonyl (C=O) groups is 2. The van der Waals surface area contributed by atoms with E-state index in [1.165, 1.54) is 12.1 Å². The zero-order valence-corrected chi connectivity index (χ0v) is 32.3. The van der Waals surface area contributed by atoms with E-state index in [0.29, 0.717) is 35.5 Å². The second-order valence-electron chi connectivity index (χ2n) is 15.6. The molecule has 6 nitrogen and oxygen atoms in total. The first kappa shape index (κ1) is 40.4. The number of hydrogen-bond acceptors (Lipinski definition) is 4. The Hall–Kier alpha value is -3.27. The van der Waals surface area contributed by atoms with E-state index < -0.39 is 17.2 Å². The summed E-state index contributed by atoms with van der Waals surface area (Å²) in [6.45, 7) is 3.41. The summed E-state index contributed by atoms with van der Waals surface area (Å²) in [6.07, 6.45) is 7.35. The third-order valence-electron chi connectivity index (χ3n) is 12.1. The van der Waals surface area contributed by atoms with Crippen molar-refractivity contribution in [1.82, 2.24) is 9.80 Å². The molecule has 7 rings (SSSR count). The maximum atomic E-state index is 13.6. The average molecular weight is 788 g/mol. The fourth-order valence-electron chi connectivity index (χ4n) is 8.52. The molecule has 2 saturated carbocycles. The molecule has 4 fully saturated rings. The Morgan fingerprint density at radius 1 is 0.667 bits per heavy atom. The number of alkyl halides is 3. The van der Waals surface area contributed by atoms with Crippen molar-refractivity contribution >= 4 is 35.0 Å². The number of carbonyl (C=O) groups excluding carboxylic acids is 2. The van der Waals surface area contributed by atoms with E-state index in [1.54, 1.807) is 0 Å². The molecule has 54 heavy (non-hydrogen) atoms. The van der Waals surface area contributed by atoms with Gasteiger partial charge in [-0.3, -0.25) is 9.59 Å². The number of benzene rings is 3. The van der Waals surface area contributed by atoms with Gasteiger partial charge in [-0.1, -0.05) is 73.2 Å². The number of hydrogen-bond donors (Lipinski definition) is 1. The number of nitrogens with zero attached hydrogens (tertiary/aromatic N) is 2. The molecule has 1 N–H and O–H groups in total. The van der Waals surface area contributed by atoms with Gasteiger partial charge in [0, 0.05) is 48.7 Å². The van der Waals surface area contributed by atoms with Gasteiger partial charge in [0.25, 0.3) is 0 Å². The molecule has 2 aliphatic carbocycles. The third kappa shape index (κ3) is 9.22. The molecule has 3 aromatic carbocycles. The van der Waals surface area contributed by atoms with Crippen LogP contribution in [0.5, 0.6) is 5.75 Å². The first-order chi connectivity index (χ1) is 25.9. The van der Waals surface area contributed by atoms with Crippen LogP contribution < -0.4 is 4.74 Å². The van der Waals surface area contributed by atoms with Gasteiger partial charge in [0.05, 0.1) is 23.0 Å². The van der Waals surface area contributed by atoms with Crippen LogP contribution in [0.15, 0.2) is 72.8 Å². The van der Waals surface area contributed by atoms with E-state index in [4.69, 9.17) is 27.9 Å². The van der Waals surface area contributed by atoms with Gasteiger partial charge in [0.15, 0.2) is 0 Å². The summed E-state index contributed by atoms with van der Waals surface area (Å²) >= 11 is 12.0. The van der Waals surface area contributed by atoms with Crippen LogP contribution in [0.4, 0.5) is 13.2 Å². The molecule has 2 amide bonds. The normalized spacial score (nSPS) is 22.3. The molecule has 2 atom stereocenters. The lowest BCUT2D eigenvalue weighted by molar-refractivity contribution is -0.142. The summed E-state index contributed by atoms with van der Waals surface area (Å²) in [4.78, 5) is 30.8. The second kappa shape index (κ2) is 17.7. The highest BCUT2D eigenvalue weighted by Crippen LogP contribution is 2.47. The molecule has 4 aliphatic rings. The monoisotopic (exact) mass is 786 g/mol. The standard InChI is InChI=1S/C25H27ClF3NO2.C18H24ClNO2/c26-21-9-5-19(6-10-21)24(13-3-14-24)23(31)30-15-2-1-4-18(16-30)17-32-22-11-7-20(8-12-22)25(27,28)29;19-16-7-5-15(6-8-16)18(9-3-10-18)17(22)20-11-2-1-4-14(12-20)13-21/h5-12,18H,1-4,13-17H2;5-8,14,21H,1-4,9-13H2. The predicted molar refractivity (Wildman–Crippen MR) is 206 cm³/mol. The van der Waals surface area contributed by atoms with E-state index in [1.807, 2.05) is 58.3 Å². The minimum absolute atomic E-state index is 0.145. The van der Waals surface area contributed by atoms with Crippen LogP contribution in [0.2, 0.25) is 10.0 Å². The Labute approximate surface area is 327 Å². The van der Waals surface area contributed by atoms with Crippen molar-refractivity contribution in [3.05, 3.63) is 99.5 Å². The lowest BCUT2D eigenvalue weighted by Crippen LogP contribution is -2.52. The SMILES string of the molecule is O=C(N1CCCCC(CO)C1)C1(c2ccc(Cl)cc2)CCC1.O=C(N1CCCCC(COc2ccc(C(F)(F)F)cc2)C1)C1(c2ccc(Cl)cc2)CCC1. The van der Waals surface area contributed by atoms with Crippen LogP contribution in [-0.2, 0) is 26.6 Å². The second-order valence-corrected chi connectivity index (χ2v) is 16.5. The van der Waals surface area contributed by atoms with Crippen molar-refractivity contribution in [2.75, 3.05) is 39.4 Å². The Morgan fingerprint density at radius 3 is 1.52 bits per heavy atom. The Kier molecular flexibility index (Phi) is 13.2. The molecule has 0 bridgehead atoms. The maximum Gasteiger partial charge on any atom is 0.416 e. The lowest BCUT2D eigenvalue weighted by atomic mass is 9.63. The first-order valence-corrected chi connectivity index (χ1v) is 20.2. The largest absolute Gasteiger partial charge is 0.493 e. The average Bonchev–Trinajstić information content (AvgIpc) is 3.53. The molecular formula is C43H51Cl2F3N2O4. The van der Waals surface area contributed by atoms with Crippen LogP contribution in [0, 0.1) is 11.8 Å². The van der Waals surface area contributed by atoms with Gasteiger partial charge in [-0.25, -0.2) is 0 Å². The van der Waals surface area contributed by atoms with Crippen LogP contribution in [-0.4, -0.2) is 66.1 Å².